The number of carbonyl (C=O) groups excluding carboxylic acids is 3. The number of hydrogen-bond acceptors (Lipinski definition) is 4. The van der Waals surface area contributed by atoms with Crippen molar-refractivity contribution in [3.05, 3.63) is 82.3 Å². The van der Waals surface area contributed by atoms with Gasteiger partial charge in [-0.3, -0.25) is 19.4 Å². The highest BCUT2D eigenvalue weighted by Gasteiger charge is 2.47. The third-order valence-electron chi connectivity index (χ3n) is 5.82. The number of aliphatic imine (C=N–C) groups is 1. The third-order valence-corrected chi connectivity index (χ3v) is 5.82. The number of allylic oxidation sites excluding steroid dienone is 2. The molecule has 2 aromatic carbocycles. The second kappa shape index (κ2) is 6.16. The fourth-order valence-electron chi connectivity index (χ4n) is 4.56. The second-order valence-corrected chi connectivity index (χ2v) is 7.40. The van der Waals surface area contributed by atoms with Gasteiger partial charge in [0.05, 0.1) is 5.92 Å². The molecule has 0 bridgehead atoms. The van der Waals surface area contributed by atoms with Gasteiger partial charge in [-0.25, -0.2) is 4.39 Å². The molecule has 1 heterocycles. The highest BCUT2D eigenvalue weighted by Crippen LogP contribution is 2.46. The number of halogens is 1. The smallest absolute Gasteiger partial charge is 0.212 e. The van der Waals surface area contributed by atoms with Crippen LogP contribution in [-0.4, -0.2) is 23.1 Å². The Bertz CT molecular complexity index is 1110. The number of nitrogens with zero attached hydrogens (tertiary/aromatic N) is 1. The van der Waals surface area contributed by atoms with E-state index in [2.05, 4.69) is 4.99 Å². The molecule has 1 fully saturated rings. The Morgan fingerprint density at radius 1 is 0.821 bits per heavy atom. The zero-order chi connectivity index (χ0) is 19.4. The van der Waals surface area contributed by atoms with Crippen molar-refractivity contribution in [3.8, 4) is 0 Å². The molecule has 2 aromatic rings. The van der Waals surface area contributed by atoms with Crippen LogP contribution in [0.3, 0.4) is 0 Å². The topological polar surface area (TPSA) is 63.6 Å². The Hall–Kier alpha value is -3.21. The van der Waals surface area contributed by atoms with Gasteiger partial charge in [0.1, 0.15) is 17.3 Å². The summed E-state index contributed by atoms with van der Waals surface area (Å²) in [6.45, 7) is 0. The van der Waals surface area contributed by atoms with Crippen molar-refractivity contribution < 1.29 is 18.8 Å². The van der Waals surface area contributed by atoms with Crippen molar-refractivity contribution >= 4 is 23.1 Å². The molecule has 0 saturated heterocycles. The minimum absolute atomic E-state index is 0.0185. The van der Waals surface area contributed by atoms with Crippen LogP contribution in [0.5, 0.6) is 0 Å². The summed E-state index contributed by atoms with van der Waals surface area (Å²) in [5.74, 6) is -2.12. The molecule has 3 aliphatic rings. The van der Waals surface area contributed by atoms with Gasteiger partial charge in [-0.1, -0.05) is 36.4 Å². The molecule has 0 spiro atoms. The first kappa shape index (κ1) is 16.9. The summed E-state index contributed by atoms with van der Waals surface area (Å²) in [7, 11) is 0. The van der Waals surface area contributed by atoms with Crippen molar-refractivity contribution in [2.24, 2.45) is 10.9 Å². The zero-order valence-corrected chi connectivity index (χ0v) is 14.9. The van der Waals surface area contributed by atoms with Crippen LogP contribution in [0.1, 0.15) is 51.5 Å². The molecule has 2 unspecified atom stereocenters. The predicted molar refractivity (Wildman–Crippen MR) is 101 cm³/mol. The fraction of sp³-hybridized carbons (Fsp3) is 0.217. The maximum Gasteiger partial charge on any atom is 0.212 e. The van der Waals surface area contributed by atoms with Crippen LogP contribution in [-0.2, 0) is 4.79 Å². The van der Waals surface area contributed by atoms with E-state index < -0.39 is 17.7 Å². The SMILES string of the molecule is O=C1C2=C(C(=O)c3ccccc31)C(c1ccc(F)cc1)C1C(=O)CCCC1=N2. The normalized spacial score (nSPS) is 23.8. The minimum Gasteiger partial charge on any atom is -0.299 e. The molecule has 4 nitrogen and oxygen atoms in total. The van der Waals surface area contributed by atoms with E-state index in [1.807, 2.05) is 0 Å². The fourth-order valence-corrected chi connectivity index (χ4v) is 4.56. The lowest BCUT2D eigenvalue weighted by Crippen LogP contribution is -2.41. The molecule has 1 aliphatic heterocycles. The average molecular weight is 373 g/mol. The van der Waals surface area contributed by atoms with Crippen molar-refractivity contribution in [2.75, 3.05) is 0 Å². The van der Waals surface area contributed by atoms with E-state index >= 15 is 0 Å². The van der Waals surface area contributed by atoms with Crippen LogP contribution >= 0.6 is 0 Å². The second-order valence-electron chi connectivity index (χ2n) is 7.40. The monoisotopic (exact) mass is 373 g/mol. The summed E-state index contributed by atoms with van der Waals surface area (Å²) in [5, 5.41) is 0. The summed E-state index contributed by atoms with van der Waals surface area (Å²) >= 11 is 0. The lowest BCUT2D eigenvalue weighted by molar-refractivity contribution is -0.121. The van der Waals surface area contributed by atoms with Crippen LogP contribution in [0.25, 0.3) is 0 Å². The highest BCUT2D eigenvalue weighted by atomic mass is 19.1. The number of ketones is 3. The van der Waals surface area contributed by atoms with Crippen LogP contribution in [0.15, 0.2) is 64.8 Å². The predicted octanol–water partition coefficient (Wildman–Crippen LogP) is 4.07. The van der Waals surface area contributed by atoms with Gasteiger partial charge in [0.25, 0.3) is 0 Å². The maximum absolute atomic E-state index is 13.5. The number of carbonyl (C=O) groups is 3. The van der Waals surface area contributed by atoms with Gasteiger partial charge in [0.15, 0.2) is 5.78 Å². The molecule has 28 heavy (non-hydrogen) atoms. The molecule has 2 aliphatic carbocycles. The number of rotatable bonds is 1. The quantitative estimate of drug-likeness (QED) is 0.757. The molecule has 5 heteroatoms. The van der Waals surface area contributed by atoms with Gasteiger partial charge in [-0.2, -0.15) is 0 Å². The van der Waals surface area contributed by atoms with Crippen LogP contribution in [0.4, 0.5) is 4.39 Å². The Morgan fingerprint density at radius 2 is 1.50 bits per heavy atom. The maximum atomic E-state index is 13.5. The lowest BCUT2D eigenvalue weighted by Gasteiger charge is -2.37. The highest BCUT2D eigenvalue weighted by molar-refractivity contribution is 6.29. The summed E-state index contributed by atoms with van der Waals surface area (Å²) in [6, 6.07) is 12.5. The first-order valence-corrected chi connectivity index (χ1v) is 9.34. The van der Waals surface area contributed by atoms with Gasteiger partial charge >= 0.3 is 0 Å². The molecule has 0 radical (unpaired) electrons. The molecular formula is C23H16FNO3. The minimum atomic E-state index is -0.610. The average Bonchev–Trinajstić information content (AvgIpc) is 2.71. The third kappa shape index (κ3) is 2.35. The van der Waals surface area contributed by atoms with E-state index in [-0.39, 0.29) is 28.6 Å². The molecule has 0 amide bonds. The first-order valence-electron chi connectivity index (χ1n) is 9.34. The van der Waals surface area contributed by atoms with E-state index in [0.717, 1.165) is 0 Å². The van der Waals surface area contributed by atoms with Gasteiger partial charge in [0, 0.05) is 34.8 Å². The van der Waals surface area contributed by atoms with Crippen molar-refractivity contribution in [2.45, 2.75) is 25.2 Å². The van der Waals surface area contributed by atoms with Gasteiger partial charge in [-0.05, 0) is 30.5 Å². The van der Waals surface area contributed by atoms with E-state index in [0.29, 0.717) is 41.7 Å². The molecule has 0 N–H and O–H groups in total. The molecule has 0 aromatic heterocycles. The van der Waals surface area contributed by atoms with Gasteiger partial charge in [0.2, 0.25) is 5.78 Å². The first-order chi connectivity index (χ1) is 13.6. The van der Waals surface area contributed by atoms with Crippen molar-refractivity contribution in [1.82, 2.24) is 0 Å². The Morgan fingerprint density at radius 3 is 2.21 bits per heavy atom. The standard InChI is InChI=1S/C23H16FNO3/c24-13-10-8-12(9-11-13)18-19-16(6-3-7-17(19)26)25-21-20(18)22(27)14-4-1-2-5-15(14)23(21)28/h1-2,4-5,8-11,18-19H,3,6-7H2. The van der Waals surface area contributed by atoms with E-state index in [4.69, 9.17) is 0 Å². The number of hydrogen-bond donors (Lipinski definition) is 0. The largest absolute Gasteiger partial charge is 0.299 e. The van der Waals surface area contributed by atoms with Gasteiger partial charge < -0.3 is 0 Å². The van der Waals surface area contributed by atoms with E-state index in [1.165, 1.54) is 12.1 Å². The number of fused-ring (bicyclic) bond motifs is 2. The Kier molecular flexibility index (Phi) is 3.72. The molecular weight excluding hydrogens is 357 g/mol. The molecule has 5 rings (SSSR count). The van der Waals surface area contributed by atoms with Crippen LogP contribution < -0.4 is 0 Å². The Balaban J connectivity index is 1.77. The lowest BCUT2D eigenvalue weighted by atomic mass is 9.66. The van der Waals surface area contributed by atoms with Crippen LogP contribution in [0.2, 0.25) is 0 Å². The van der Waals surface area contributed by atoms with Crippen molar-refractivity contribution in [1.29, 1.82) is 0 Å². The van der Waals surface area contributed by atoms with Gasteiger partial charge in [-0.15, -0.1) is 0 Å². The van der Waals surface area contributed by atoms with E-state index in [1.54, 1.807) is 36.4 Å². The number of benzene rings is 2. The molecule has 138 valence electrons. The summed E-state index contributed by atoms with van der Waals surface area (Å²) in [5.41, 5.74) is 2.39. The molecule has 2 atom stereocenters. The van der Waals surface area contributed by atoms with Crippen LogP contribution in [0, 0.1) is 11.7 Å². The summed E-state index contributed by atoms with van der Waals surface area (Å²) < 4.78 is 13.5. The zero-order valence-electron chi connectivity index (χ0n) is 14.9. The van der Waals surface area contributed by atoms with E-state index in [9.17, 15) is 18.8 Å². The summed E-state index contributed by atoms with van der Waals surface area (Å²) in [4.78, 5) is 43.8. The van der Waals surface area contributed by atoms with Crippen molar-refractivity contribution in [3.63, 3.8) is 0 Å². The number of Topliss-reactive ketones (excluding diaryl/α,β-unsaturated/α-hetero) is 3. The molecule has 1 saturated carbocycles. The summed E-state index contributed by atoms with van der Waals surface area (Å²) in [6.07, 6.45) is 1.72. The Labute approximate surface area is 160 Å².